The number of hydrogen-bond acceptors (Lipinski definition) is 3. The second-order valence-corrected chi connectivity index (χ2v) is 7.29. The maximum Gasteiger partial charge on any atom is 0.227 e. The quantitative estimate of drug-likeness (QED) is 0.353. The van der Waals surface area contributed by atoms with Gasteiger partial charge in [-0.25, -0.2) is 4.98 Å². The number of aryl methyl sites for hydroxylation is 3. The van der Waals surface area contributed by atoms with Crippen molar-refractivity contribution in [2.75, 3.05) is 0 Å². The molecule has 28 heavy (non-hydrogen) atoms. The Morgan fingerprint density at radius 2 is 1.54 bits per heavy atom. The zero-order chi connectivity index (χ0) is 19.3. The number of fused-ring (bicyclic) bond motifs is 3. The van der Waals surface area contributed by atoms with Gasteiger partial charge in [-0.2, -0.15) is 0 Å². The van der Waals surface area contributed by atoms with Gasteiger partial charge in [0, 0.05) is 28.2 Å². The first-order valence-corrected chi connectivity index (χ1v) is 9.44. The fraction of sp³-hybridized carbons (Fsp3) is 0.120. The first-order valence-electron chi connectivity index (χ1n) is 9.44. The molecule has 0 aliphatic rings. The van der Waals surface area contributed by atoms with Gasteiger partial charge in [-0.3, -0.25) is 4.98 Å². The number of furan rings is 1. The van der Waals surface area contributed by atoms with Gasteiger partial charge in [-0.1, -0.05) is 36.4 Å². The van der Waals surface area contributed by atoms with Crippen LogP contribution in [-0.4, -0.2) is 9.97 Å². The van der Waals surface area contributed by atoms with Crippen LogP contribution in [0.3, 0.4) is 0 Å². The second-order valence-electron chi connectivity index (χ2n) is 7.29. The average Bonchev–Trinajstić information content (AvgIpc) is 3.06. The minimum atomic E-state index is 0.675. The molecule has 0 saturated heterocycles. The lowest BCUT2D eigenvalue weighted by molar-refractivity contribution is 0.653. The average molecular weight is 364 g/mol. The summed E-state index contributed by atoms with van der Waals surface area (Å²) in [4.78, 5) is 9.27. The lowest BCUT2D eigenvalue weighted by atomic mass is 9.96. The molecule has 0 spiro atoms. The topological polar surface area (TPSA) is 38.9 Å². The van der Waals surface area contributed by atoms with Gasteiger partial charge in [0.1, 0.15) is 5.58 Å². The molecule has 3 aromatic heterocycles. The molecule has 3 heteroatoms. The van der Waals surface area contributed by atoms with Crippen LogP contribution in [0, 0.1) is 20.8 Å². The van der Waals surface area contributed by atoms with Crippen molar-refractivity contribution in [3.63, 3.8) is 0 Å². The molecule has 0 aliphatic carbocycles. The van der Waals surface area contributed by atoms with Crippen molar-refractivity contribution in [2.24, 2.45) is 0 Å². The lowest BCUT2D eigenvalue weighted by Gasteiger charge is -2.11. The van der Waals surface area contributed by atoms with E-state index in [1.807, 2.05) is 19.2 Å². The van der Waals surface area contributed by atoms with E-state index in [0.29, 0.717) is 5.71 Å². The molecule has 0 amide bonds. The Morgan fingerprint density at radius 1 is 0.714 bits per heavy atom. The third-order valence-electron chi connectivity index (χ3n) is 5.32. The van der Waals surface area contributed by atoms with E-state index in [1.165, 1.54) is 16.7 Å². The molecule has 0 atom stereocenters. The molecule has 5 rings (SSSR count). The van der Waals surface area contributed by atoms with Gasteiger partial charge in [-0.15, -0.1) is 0 Å². The van der Waals surface area contributed by atoms with Crippen LogP contribution in [0.4, 0.5) is 0 Å². The SMILES string of the molecule is Cc1ccc2c(n1)oc1c(-c3cc(-c4ccccc4C)c(C)cn3)cccc12. The zero-order valence-corrected chi connectivity index (χ0v) is 16.2. The van der Waals surface area contributed by atoms with Gasteiger partial charge < -0.3 is 4.42 Å². The van der Waals surface area contributed by atoms with Gasteiger partial charge in [0.15, 0.2) is 0 Å². The van der Waals surface area contributed by atoms with E-state index in [2.05, 4.69) is 73.4 Å². The number of nitrogens with zero attached hydrogens (tertiary/aromatic N) is 2. The molecular weight excluding hydrogens is 344 g/mol. The van der Waals surface area contributed by atoms with Crippen LogP contribution >= 0.6 is 0 Å². The van der Waals surface area contributed by atoms with Crippen LogP contribution < -0.4 is 0 Å². The van der Waals surface area contributed by atoms with Crippen molar-refractivity contribution >= 4 is 22.1 Å². The summed E-state index contributed by atoms with van der Waals surface area (Å²) in [5, 5.41) is 2.11. The summed E-state index contributed by atoms with van der Waals surface area (Å²) >= 11 is 0. The monoisotopic (exact) mass is 364 g/mol. The Hall–Kier alpha value is -3.46. The predicted octanol–water partition coefficient (Wildman–Crippen LogP) is 6.64. The highest BCUT2D eigenvalue weighted by Crippen LogP contribution is 2.36. The standard InChI is InChI=1S/C25H20N2O/c1-15-7-4-5-8-18(15)22-13-23(26-14-16(22)2)21-10-6-9-19-20-12-11-17(3)27-25(20)28-24(19)21/h4-14H,1-3H3. The van der Waals surface area contributed by atoms with E-state index in [9.17, 15) is 0 Å². The predicted molar refractivity (Wildman–Crippen MR) is 114 cm³/mol. The van der Waals surface area contributed by atoms with Crippen molar-refractivity contribution in [3.8, 4) is 22.4 Å². The number of benzene rings is 2. The summed E-state index contributed by atoms with van der Waals surface area (Å²) in [6, 6.07) is 20.9. The number of aromatic nitrogens is 2. The van der Waals surface area contributed by atoms with E-state index < -0.39 is 0 Å². The van der Waals surface area contributed by atoms with E-state index in [0.717, 1.165) is 38.9 Å². The van der Waals surface area contributed by atoms with Crippen molar-refractivity contribution in [1.82, 2.24) is 9.97 Å². The largest absolute Gasteiger partial charge is 0.437 e. The Balaban J connectivity index is 1.76. The maximum atomic E-state index is 6.17. The molecular formula is C25H20N2O. The minimum absolute atomic E-state index is 0.675. The normalized spacial score (nSPS) is 11.4. The summed E-state index contributed by atoms with van der Waals surface area (Å²) in [5.41, 5.74) is 9.20. The smallest absolute Gasteiger partial charge is 0.227 e. The zero-order valence-electron chi connectivity index (χ0n) is 16.2. The molecule has 136 valence electrons. The summed E-state index contributed by atoms with van der Waals surface area (Å²) in [5.74, 6) is 0. The third-order valence-corrected chi connectivity index (χ3v) is 5.32. The molecule has 0 bridgehead atoms. The highest BCUT2D eigenvalue weighted by molar-refractivity contribution is 6.08. The second kappa shape index (κ2) is 6.31. The molecule has 0 N–H and O–H groups in total. The van der Waals surface area contributed by atoms with Crippen LogP contribution in [0.1, 0.15) is 16.8 Å². The van der Waals surface area contributed by atoms with Crippen LogP contribution in [0.25, 0.3) is 44.5 Å². The van der Waals surface area contributed by atoms with Gasteiger partial charge in [0.2, 0.25) is 5.71 Å². The number of hydrogen-bond donors (Lipinski definition) is 0. The summed E-state index contributed by atoms with van der Waals surface area (Å²) in [6.45, 7) is 6.22. The summed E-state index contributed by atoms with van der Waals surface area (Å²) < 4.78 is 6.17. The molecule has 5 aromatic rings. The number of para-hydroxylation sites is 1. The van der Waals surface area contributed by atoms with Crippen molar-refractivity contribution in [3.05, 3.63) is 83.7 Å². The fourth-order valence-electron chi connectivity index (χ4n) is 3.81. The van der Waals surface area contributed by atoms with E-state index in [-0.39, 0.29) is 0 Å². The van der Waals surface area contributed by atoms with Crippen LogP contribution in [0.2, 0.25) is 0 Å². The summed E-state index contributed by atoms with van der Waals surface area (Å²) in [6.07, 6.45) is 1.95. The molecule has 3 nitrogen and oxygen atoms in total. The fourth-order valence-corrected chi connectivity index (χ4v) is 3.81. The Kier molecular flexibility index (Phi) is 3.76. The lowest BCUT2D eigenvalue weighted by Crippen LogP contribution is -1.91. The Morgan fingerprint density at radius 3 is 2.39 bits per heavy atom. The van der Waals surface area contributed by atoms with Gasteiger partial charge >= 0.3 is 0 Å². The van der Waals surface area contributed by atoms with E-state index >= 15 is 0 Å². The first-order chi connectivity index (χ1) is 13.6. The molecule has 0 unspecified atom stereocenters. The minimum Gasteiger partial charge on any atom is -0.437 e. The number of pyridine rings is 2. The first kappa shape index (κ1) is 16.7. The van der Waals surface area contributed by atoms with Crippen molar-refractivity contribution in [1.29, 1.82) is 0 Å². The van der Waals surface area contributed by atoms with Gasteiger partial charge in [-0.05, 0) is 67.3 Å². The van der Waals surface area contributed by atoms with Crippen LogP contribution in [0.5, 0.6) is 0 Å². The van der Waals surface area contributed by atoms with E-state index in [4.69, 9.17) is 9.40 Å². The molecule has 0 aliphatic heterocycles. The summed E-state index contributed by atoms with van der Waals surface area (Å²) in [7, 11) is 0. The maximum absolute atomic E-state index is 6.17. The Bertz CT molecular complexity index is 1350. The van der Waals surface area contributed by atoms with Gasteiger partial charge in [0.25, 0.3) is 0 Å². The highest BCUT2D eigenvalue weighted by atomic mass is 16.3. The van der Waals surface area contributed by atoms with Crippen molar-refractivity contribution < 1.29 is 4.42 Å². The molecule has 0 radical (unpaired) electrons. The molecule has 0 fully saturated rings. The highest BCUT2D eigenvalue weighted by Gasteiger charge is 2.15. The van der Waals surface area contributed by atoms with Crippen molar-refractivity contribution in [2.45, 2.75) is 20.8 Å². The Labute approximate surface area is 163 Å². The van der Waals surface area contributed by atoms with E-state index in [1.54, 1.807) is 0 Å². The van der Waals surface area contributed by atoms with Crippen LogP contribution in [-0.2, 0) is 0 Å². The van der Waals surface area contributed by atoms with Gasteiger partial charge in [0.05, 0.1) is 5.69 Å². The van der Waals surface area contributed by atoms with Crippen LogP contribution in [0.15, 0.2) is 71.3 Å². The molecule has 0 saturated carbocycles. The molecule has 3 heterocycles. The molecule has 2 aromatic carbocycles. The third kappa shape index (κ3) is 2.59. The number of rotatable bonds is 2.